The van der Waals surface area contributed by atoms with Crippen LogP contribution in [-0.4, -0.2) is 32.7 Å². The minimum Gasteiger partial charge on any atom is -0.342 e. The zero-order chi connectivity index (χ0) is 13.6. The first-order valence-corrected chi connectivity index (χ1v) is 8.16. The molecule has 20 heavy (non-hydrogen) atoms. The lowest BCUT2D eigenvalue weighted by Crippen LogP contribution is -2.40. The van der Waals surface area contributed by atoms with Gasteiger partial charge in [0.15, 0.2) is 5.65 Å². The SMILES string of the molecule is Brc1cnc(N2CCC3(CCCC3)CC2)n2cnnc12. The molecule has 1 saturated heterocycles. The van der Waals surface area contributed by atoms with Gasteiger partial charge in [0.2, 0.25) is 5.95 Å². The number of halogens is 1. The van der Waals surface area contributed by atoms with Crippen molar-refractivity contribution in [2.45, 2.75) is 38.5 Å². The maximum atomic E-state index is 4.58. The molecular formula is C14H18BrN5. The van der Waals surface area contributed by atoms with Crippen molar-refractivity contribution >= 4 is 27.5 Å². The van der Waals surface area contributed by atoms with E-state index in [1.165, 1.54) is 38.5 Å². The minimum absolute atomic E-state index is 0.637. The van der Waals surface area contributed by atoms with Gasteiger partial charge < -0.3 is 4.90 Å². The highest BCUT2D eigenvalue weighted by molar-refractivity contribution is 9.10. The molecule has 0 amide bonds. The maximum Gasteiger partial charge on any atom is 0.212 e. The van der Waals surface area contributed by atoms with Crippen LogP contribution in [0.25, 0.3) is 5.65 Å². The van der Waals surface area contributed by atoms with Crippen molar-refractivity contribution in [1.82, 2.24) is 19.6 Å². The van der Waals surface area contributed by atoms with E-state index in [-0.39, 0.29) is 0 Å². The van der Waals surface area contributed by atoms with E-state index in [9.17, 15) is 0 Å². The number of aromatic nitrogens is 4. The lowest BCUT2D eigenvalue weighted by Gasteiger charge is -2.39. The molecule has 0 atom stereocenters. The van der Waals surface area contributed by atoms with Crippen LogP contribution in [0.5, 0.6) is 0 Å². The molecule has 1 saturated carbocycles. The molecule has 2 aromatic rings. The average molecular weight is 336 g/mol. The largest absolute Gasteiger partial charge is 0.342 e. The molecule has 0 N–H and O–H groups in total. The normalized spacial score (nSPS) is 21.9. The summed E-state index contributed by atoms with van der Waals surface area (Å²) in [7, 11) is 0. The highest BCUT2D eigenvalue weighted by atomic mass is 79.9. The van der Waals surface area contributed by atoms with Crippen LogP contribution in [0.3, 0.4) is 0 Å². The summed E-state index contributed by atoms with van der Waals surface area (Å²) < 4.78 is 2.87. The molecule has 1 aliphatic carbocycles. The Morgan fingerprint density at radius 1 is 1.10 bits per heavy atom. The van der Waals surface area contributed by atoms with Crippen molar-refractivity contribution in [3.8, 4) is 0 Å². The monoisotopic (exact) mass is 335 g/mol. The summed E-state index contributed by atoms with van der Waals surface area (Å²) in [6, 6.07) is 0. The van der Waals surface area contributed by atoms with Gasteiger partial charge in [0.1, 0.15) is 6.33 Å². The number of rotatable bonds is 1. The van der Waals surface area contributed by atoms with E-state index in [4.69, 9.17) is 0 Å². The topological polar surface area (TPSA) is 46.3 Å². The summed E-state index contributed by atoms with van der Waals surface area (Å²) in [5.41, 5.74) is 1.48. The Labute approximate surface area is 126 Å². The molecule has 2 aliphatic rings. The van der Waals surface area contributed by atoms with Gasteiger partial charge in [-0.1, -0.05) is 12.8 Å². The van der Waals surface area contributed by atoms with Crippen molar-refractivity contribution in [3.05, 3.63) is 17.0 Å². The van der Waals surface area contributed by atoms with Crippen LogP contribution in [0.2, 0.25) is 0 Å². The number of hydrogen-bond donors (Lipinski definition) is 0. The van der Waals surface area contributed by atoms with E-state index in [0.717, 1.165) is 29.2 Å². The number of hydrogen-bond acceptors (Lipinski definition) is 4. The zero-order valence-corrected chi connectivity index (χ0v) is 13.0. The molecule has 0 unspecified atom stereocenters. The second-order valence-electron chi connectivity index (χ2n) is 6.12. The van der Waals surface area contributed by atoms with Gasteiger partial charge in [0.25, 0.3) is 0 Å². The molecule has 2 aromatic heterocycles. The van der Waals surface area contributed by atoms with Gasteiger partial charge in [0.05, 0.1) is 4.47 Å². The first kappa shape index (κ1) is 12.6. The molecule has 1 spiro atoms. The summed E-state index contributed by atoms with van der Waals surface area (Å²) in [4.78, 5) is 6.96. The van der Waals surface area contributed by atoms with Crippen LogP contribution in [0.4, 0.5) is 5.95 Å². The number of anilines is 1. The van der Waals surface area contributed by atoms with Crippen molar-refractivity contribution < 1.29 is 0 Å². The fourth-order valence-electron chi connectivity index (χ4n) is 3.82. The molecule has 3 heterocycles. The lowest BCUT2D eigenvalue weighted by atomic mass is 9.77. The molecular weight excluding hydrogens is 318 g/mol. The van der Waals surface area contributed by atoms with Gasteiger partial charge in [-0.25, -0.2) is 9.38 Å². The molecule has 4 rings (SSSR count). The van der Waals surface area contributed by atoms with Gasteiger partial charge >= 0.3 is 0 Å². The van der Waals surface area contributed by atoms with Crippen LogP contribution in [0.15, 0.2) is 17.0 Å². The predicted octanol–water partition coefficient (Wildman–Crippen LogP) is 3.05. The molecule has 106 valence electrons. The predicted molar refractivity (Wildman–Crippen MR) is 80.8 cm³/mol. The molecule has 6 heteroatoms. The Kier molecular flexibility index (Phi) is 2.94. The van der Waals surface area contributed by atoms with Crippen LogP contribution in [-0.2, 0) is 0 Å². The number of nitrogens with zero attached hydrogens (tertiary/aromatic N) is 5. The van der Waals surface area contributed by atoms with E-state index >= 15 is 0 Å². The van der Waals surface area contributed by atoms with Gasteiger partial charge in [-0.15, -0.1) is 10.2 Å². The summed E-state index contributed by atoms with van der Waals surface area (Å²) in [6.07, 6.45) is 11.9. The van der Waals surface area contributed by atoms with E-state index in [1.54, 1.807) is 6.33 Å². The Bertz CT molecular complexity index is 622. The van der Waals surface area contributed by atoms with E-state index in [0.29, 0.717) is 5.41 Å². The van der Waals surface area contributed by atoms with E-state index < -0.39 is 0 Å². The zero-order valence-electron chi connectivity index (χ0n) is 11.4. The fraction of sp³-hybridized carbons (Fsp3) is 0.643. The van der Waals surface area contributed by atoms with Crippen molar-refractivity contribution in [1.29, 1.82) is 0 Å². The van der Waals surface area contributed by atoms with Gasteiger partial charge in [-0.2, -0.15) is 0 Å². The molecule has 1 aliphatic heterocycles. The van der Waals surface area contributed by atoms with Crippen LogP contribution < -0.4 is 4.90 Å². The lowest BCUT2D eigenvalue weighted by molar-refractivity contribution is 0.225. The van der Waals surface area contributed by atoms with Crippen LogP contribution in [0.1, 0.15) is 38.5 Å². The van der Waals surface area contributed by atoms with Crippen LogP contribution in [0, 0.1) is 5.41 Å². The third kappa shape index (κ3) is 1.92. The first-order chi connectivity index (χ1) is 9.77. The second-order valence-corrected chi connectivity index (χ2v) is 6.98. The average Bonchev–Trinajstić information content (AvgIpc) is 3.11. The third-order valence-corrected chi connectivity index (χ3v) is 5.60. The Morgan fingerprint density at radius 3 is 2.60 bits per heavy atom. The highest BCUT2D eigenvalue weighted by Gasteiger charge is 2.37. The summed E-state index contributed by atoms with van der Waals surface area (Å²) in [6.45, 7) is 2.20. The van der Waals surface area contributed by atoms with E-state index in [1.807, 2.05) is 10.6 Å². The molecule has 5 nitrogen and oxygen atoms in total. The number of piperidine rings is 1. The van der Waals surface area contributed by atoms with Crippen molar-refractivity contribution in [3.63, 3.8) is 0 Å². The Balaban J connectivity index is 1.61. The molecule has 0 radical (unpaired) electrons. The summed E-state index contributed by atoms with van der Waals surface area (Å²) >= 11 is 3.48. The summed E-state index contributed by atoms with van der Waals surface area (Å²) in [5.74, 6) is 0.973. The van der Waals surface area contributed by atoms with E-state index in [2.05, 4.69) is 36.0 Å². The third-order valence-electron chi connectivity index (χ3n) is 5.04. The van der Waals surface area contributed by atoms with Crippen LogP contribution >= 0.6 is 15.9 Å². The quantitative estimate of drug-likeness (QED) is 0.803. The maximum absolute atomic E-state index is 4.58. The van der Waals surface area contributed by atoms with Gasteiger partial charge in [-0.05, 0) is 47.0 Å². The molecule has 2 fully saturated rings. The number of fused-ring (bicyclic) bond motifs is 1. The van der Waals surface area contributed by atoms with Crippen molar-refractivity contribution in [2.75, 3.05) is 18.0 Å². The first-order valence-electron chi connectivity index (χ1n) is 7.37. The molecule has 0 aromatic carbocycles. The Morgan fingerprint density at radius 2 is 1.85 bits per heavy atom. The van der Waals surface area contributed by atoms with Gasteiger partial charge in [-0.3, -0.25) is 0 Å². The molecule has 0 bridgehead atoms. The Hall–Kier alpha value is -1.17. The standard InChI is InChI=1S/C14H18BrN5/c15-11-9-16-13(20-10-17-18-12(11)20)19-7-5-14(6-8-19)3-1-2-4-14/h9-10H,1-8H2. The van der Waals surface area contributed by atoms with Gasteiger partial charge in [0, 0.05) is 19.3 Å². The fourth-order valence-corrected chi connectivity index (χ4v) is 4.19. The summed E-state index contributed by atoms with van der Waals surface area (Å²) in [5, 5.41) is 8.15. The highest BCUT2D eigenvalue weighted by Crippen LogP contribution is 2.46. The smallest absolute Gasteiger partial charge is 0.212 e. The second kappa shape index (κ2) is 4.69. The minimum atomic E-state index is 0.637. The van der Waals surface area contributed by atoms with Crippen molar-refractivity contribution in [2.24, 2.45) is 5.41 Å².